The molecule has 0 spiro atoms. The highest BCUT2D eigenvalue weighted by Gasteiger charge is 2.47. The van der Waals surface area contributed by atoms with Gasteiger partial charge in [-0.3, -0.25) is 4.79 Å². The molecule has 2 atom stereocenters. The van der Waals surface area contributed by atoms with Crippen molar-refractivity contribution >= 4 is 5.78 Å². The fourth-order valence-electron chi connectivity index (χ4n) is 3.63. The highest BCUT2D eigenvalue weighted by molar-refractivity contribution is 5.87. The van der Waals surface area contributed by atoms with E-state index in [1.54, 1.807) is 0 Å². The van der Waals surface area contributed by atoms with Gasteiger partial charge in [-0.25, -0.2) is 0 Å². The largest absolute Gasteiger partial charge is 0.367 e. The van der Waals surface area contributed by atoms with Gasteiger partial charge >= 0.3 is 0 Å². The van der Waals surface area contributed by atoms with E-state index in [0.29, 0.717) is 24.7 Å². The Kier molecular flexibility index (Phi) is 4.77. The first-order valence-corrected chi connectivity index (χ1v) is 7.02. The second kappa shape index (κ2) is 5.51. The van der Waals surface area contributed by atoms with Crippen LogP contribution in [0.25, 0.3) is 0 Å². The molecule has 0 radical (unpaired) electrons. The molecule has 0 heterocycles. The summed E-state index contributed by atoms with van der Waals surface area (Å²) in [4.78, 5) is 12.4. The molecule has 0 aliphatic heterocycles. The summed E-state index contributed by atoms with van der Waals surface area (Å²) in [6, 6.07) is 0. The third-order valence-electron chi connectivity index (χ3n) is 3.75. The van der Waals surface area contributed by atoms with Crippen LogP contribution in [-0.4, -0.2) is 18.0 Å². The van der Waals surface area contributed by atoms with Crippen molar-refractivity contribution in [2.45, 2.75) is 72.3 Å². The van der Waals surface area contributed by atoms with Crippen LogP contribution in [0.5, 0.6) is 0 Å². The molecular formula is C15H28O2. The molecular weight excluding hydrogens is 212 g/mol. The molecule has 1 saturated carbocycles. The van der Waals surface area contributed by atoms with Gasteiger partial charge in [-0.1, -0.05) is 27.7 Å². The van der Waals surface area contributed by atoms with Gasteiger partial charge < -0.3 is 4.74 Å². The number of carbonyl (C=O) groups excluding carboxylic acids is 1. The lowest BCUT2D eigenvalue weighted by molar-refractivity contribution is -0.158. The molecule has 1 rings (SSSR count). The van der Waals surface area contributed by atoms with Gasteiger partial charge in [0, 0.05) is 13.0 Å². The van der Waals surface area contributed by atoms with E-state index in [9.17, 15) is 4.79 Å². The first kappa shape index (κ1) is 14.7. The lowest BCUT2D eigenvalue weighted by Gasteiger charge is -2.46. The smallest absolute Gasteiger partial charge is 0.164 e. The van der Waals surface area contributed by atoms with Crippen molar-refractivity contribution < 1.29 is 9.53 Å². The summed E-state index contributed by atoms with van der Waals surface area (Å²) in [5.74, 6) is 0.896. The molecule has 17 heavy (non-hydrogen) atoms. The van der Waals surface area contributed by atoms with E-state index in [0.717, 1.165) is 19.3 Å². The monoisotopic (exact) mass is 240 g/mol. The molecule has 1 aliphatic carbocycles. The maximum Gasteiger partial charge on any atom is 0.164 e. The normalized spacial score (nSPS) is 32.4. The fourth-order valence-corrected chi connectivity index (χ4v) is 3.63. The molecule has 0 saturated heterocycles. The number of rotatable bonds is 5. The van der Waals surface area contributed by atoms with Gasteiger partial charge in [-0.15, -0.1) is 0 Å². The quantitative estimate of drug-likeness (QED) is 0.726. The number of ether oxygens (including phenoxy) is 1. The summed E-state index contributed by atoms with van der Waals surface area (Å²) in [6.07, 6.45) is 4.56. The Morgan fingerprint density at radius 1 is 1.29 bits per heavy atom. The number of ketones is 1. The van der Waals surface area contributed by atoms with Gasteiger partial charge in [0.1, 0.15) is 5.60 Å². The zero-order chi connectivity index (χ0) is 13.1. The molecule has 2 unspecified atom stereocenters. The first-order chi connectivity index (χ1) is 7.85. The van der Waals surface area contributed by atoms with Crippen LogP contribution in [0.3, 0.4) is 0 Å². The Labute approximate surface area is 106 Å². The second-order valence-electron chi connectivity index (χ2n) is 6.45. The first-order valence-electron chi connectivity index (χ1n) is 7.02. The van der Waals surface area contributed by atoms with Crippen LogP contribution in [0, 0.1) is 11.3 Å². The van der Waals surface area contributed by atoms with Crippen LogP contribution in [0.2, 0.25) is 0 Å². The number of hydrogen-bond acceptors (Lipinski definition) is 2. The van der Waals surface area contributed by atoms with Crippen molar-refractivity contribution in [2.24, 2.45) is 11.3 Å². The predicted octanol–water partition coefficient (Wildman–Crippen LogP) is 3.98. The highest BCUT2D eigenvalue weighted by atomic mass is 16.5. The van der Waals surface area contributed by atoms with Gasteiger partial charge in [0.05, 0.1) is 0 Å². The Bertz CT molecular complexity index is 270. The van der Waals surface area contributed by atoms with Crippen LogP contribution in [0.15, 0.2) is 0 Å². The highest BCUT2D eigenvalue weighted by Crippen LogP contribution is 2.46. The maximum absolute atomic E-state index is 12.4. The van der Waals surface area contributed by atoms with E-state index >= 15 is 0 Å². The molecule has 0 aromatic heterocycles. The van der Waals surface area contributed by atoms with E-state index in [2.05, 4.69) is 27.7 Å². The average Bonchev–Trinajstić information content (AvgIpc) is 2.14. The summed E-state index contributed by atoms with van der Waals surface area (Å²) in [5.41, 5.74) is -0.276. The fraction of sp³-hybridized carbons (Fsp3) is 0.933. The Hall–Kier alpha value is -0.370. The molecule has 0 N–H and O–H groups in total. The predicted molar refractivity (Wildman–Crippen MR) is 71.1 cm³/mol. The van der Waals surface area contributed by atoms with Crippen LogP contribution in [0.1, 0.15) is 66.7 Å². The standard InChI is InChI=1S/C15H28O2/c1-6-8-13(16)15(17-7-2)10-12(3)9-14(4,5)11-15/h12H,6-11H2,1-5H3. The van der Waals surface area contributed by atoms with Crippen molar-refractivity contribution in [3.63, 3.8) is 0 Å². The maximum atomic E-state index is 12.4. The van der Waals surface area contributed by atoms with Gasteiger partial charge in [-0.2, -0.15) is 0 Å². The second-order valence-corrected chi connectivity index (χ2v) is 6.45. The lowest BCUT2D eigenvalue weighted by atomic mass is 9.64. The average molecular weight is 240 g/mol. The minimum absolute atomic E-state index is 0.218. The minimum Gasteiger partial charge on any atom is -0.367 e. The molecule has 1 aliphatic rings. The molecule has 2 nitrogen and oxygen atoms in total. The number of hydrogen-bond donors (Lipinski definition) is 0. The van der Waals surface area contributed by atoms with Crippen molar-refractivity contribution in [3.8, 4) is 0 Å². The Morgan fingerprint density at radius 3 is 2.41 bits per heavy atom. The molecule has 2 heteroatoms. The SMILES string of the molecule is CCCC(=O)C1(OCC)CC(C)CC(C)(C)C1. The zero-order valence-corrected chi connectivity index (χ0v) is 12.1. The van der Waals surface area contributed by atoms with E-state index < -0.39 is 5.60 Å². The van der Waals surface area contributed by atoms with Crippen LogP contribution < -0.4 is 0 Å². The van der Waals surface area contributed by atoms with E-state index in [1.165, 1.54) is 6.42 Å². The molecule has 100 valence electrons. The van der Waals surface area contributed by atoms with Gasteiger partial charge in [0.25, 0.3) is 0 Å². The number of Topliss-reactive ketones (excluding diaryl/α,β-unsaturated/α-hetero) is 1. The van der Waals surface area contributed by atoms with Crippen LogP contribution >= 0.6 is 0 Å². The van der Waals surface area contributed by atoms with Crippen molar-refractivity contribution in [2.75, 3.05) is 6.61 Å². The lowest BCUT2D eigenvalue weighted by Crippen LogP contribution is -2.50. The van der Waals surface area contributed by atoms with E-state index in [4.69, 9.17) is 4.74 Å². The van der Waals surface area contributed by atoms with Gasteiger partial charge in [0.2, 0.25) is 0 Å². The third-order valence-corrected chi connectivity index (χ3v) is 3.75. The third kappa shape index (κ3) is 3.54. The molecule has 0 aromatic carbocycles. The molecule has 0 bridgehead atoms. The molecule has 1 fully saturated rings. The molecule has 0 amide bonds. The Morgan fingerprint density at radius 2 is 1.94 bits per heavy atom. The zero-order valence-electron chi connectivity index (χ0n) is 12.1. The van der Waals surface area contributed by atoms with Crippen LogP contribution in [0.4, 0.5) is 0 Å². The van der Waals surface area contributed by atoms with Gasteiger partial charge in [-0.05, 0) is 43.9 Å². The van der Waals surface area contributed by atoms with Crippen LogP contribution in [-0.2, 0) is 9.53 Å². The summed E-state index contributed by atoms with van der Waals surface area (Å²) in [6.45, 7) is 11.5. The number of carbonyl (C=O) groups is 1. The van der Waals surface area contributed by atoms with E-state index in [1.807, 2.05) is 6.92 Å². The van der Waals surface area contributed by atoms with Crippen molar-refractivity contribution in [1.82, 2.24) is 0 Å². The van der Waals surface area contributed by atoms with Gasteiger partial charge in [0.15, 0.2) is 5.78 Å². The topological polar surface area (TPSA) is 26.3 Å². The summed E-state index contributed by atoms with van der Waals surface area (Å²) in [5, 5.41) is 0. The van der Waals surface area contributed by atoms with Crippen molar-refractivity contribution in [3.05, 3.63) is 0 Å². The Balaban J connectivity index is 2.93. The summed E-state index contributed by atoms with van der Waals surface area (Å²) < 4.78 is 5.94. The summed E-state index contributed by atoms with van der Waals surface area (Å²) in [7, 11) is 0. The summed E-state index contributed by atoms with van der Waals surface area (Å²) >= 11 is 0. The van der Waals surface area contributed by atoms with E-state index in [-0.39, 0.29) is 5.41 Å². The van der Waals surface area contributed by atoms with Crippen molar-refractivity contribution in [1.29, 1.82) is 0 Å². The minimum atomic E-state index is -0.494. The molecule has 0 aromatic rings.